The summed E-state index contributed by atoms with van der Waals surface area (Å²) in [5, 5.41) is 3.13. The van der Waals surface area contributed by atoms with E-state index in [1.165, 1.54) is 0 Å². The van der Waals surface area contributed by atoms with Crippen molar-refractivity contribution in [2.75, 3.05) is 24.6 Å². The van der Waals surface area contributed by atoms with Gasteiger partial charge in [0.25, 0.3) is 0 Å². The summed E-state index contributed by atoms with van der Waals surface area (Å²) in [6, 6.07) is 0.0191. The van der Waals surface area contributed by atoms with Gasteiger partial charge >= 0.3 is 0 Å². The summed E-state index contributed by atoms with van der Waals surface area (Å²) in [6.07, 6.45) is 1.35. The molecule has 1 aromatic rings. The molecule has 2 N–H and O–H groups in total. The lowest BCUT2D eigenvalue weighted by Gasteiger charge is -2.20. The summed E-state index contributed by atoms with van der Waals surface area (Å²) in [5.74, 6) is 0. The Morgan fingerprint density at radius 1 is 1.69 bits per heavy atom. The summed E-state index contributed by atoms with van der Waals surface area (Å²) < 4.78 is 5.62. The van der Waals surface area contributed by atoms with Gasteiger partial charge in [0.05, 0.1) is 11.8 Å². The van der Waals surface area contributed by atoms with E-state index >= 15 is 0 Å². The number of nitrogens with two attached hydrogens (primary N) is 1. The number of anilines is 1. The van der Waals surface area contributed by atoms with E-state index in [0.29, 0.717) is 0 Å². The van der Waals surface area contributed by atoms with Crippen LogP contribution in [0.3, 0.4) is 0 Å². The van der Waals surface area contributed by atoms with Gasteiger partial charge in [-0.25, -0.2) is 4.98 Å². The highest BCUT2D eigenvalue weighted by Gasteiger charge is 2.18. The van der Waals surface area contributed by atoms with Gasteiger partial charge in [0.15, 0.2) is 5.13 Å². The Morgan fingerprint density at radius 3 is 3.19 bits per heavy atom. The largest absolute Gasteiger partial charge is 0.377 e. The van der Waals surface area contributed by atoms with Gasteiger partial charge in [0.2, 0.25) is 0 Å². The third-order valence-electron chi connectivity index (χ3n) is 2.70. The van der Waals surface area contributed by atoms with Crippen molar-refractivity contribution in [1.82, 2.24) is 4.98 Å². The van der Waals surface area contributed by atoms with Crippen LogP contribution in [0.5, 0.6) is 0 Å². The van der Waals surface area contributed by atoms with E-state index in [2.05, 4.69) is 22.2 Å². The molecule has 2 unspecified atom stereocenters. The van der Waals surface area contributed by atoms with Crippen molar-refractivity contribution < 1.29 is 4.74 Å². The zero-order chi connectivity index (χ0) is 11.5. The van der Waals surface area contributed by atoms with E-state index in [9.17, 15) is 0 Å². The lowest BCUT2D eigenvalue weighted by atomic mass is 10.3. The van der Waals surface area contributed by atoms with Crippen molar-refractivity contribution >= 4 is 16.5 Å². The number of ether oxygens (including phenoxy) is 1. The molecule has 2 rings (SSSR count). The quantitative estimate of drug-likeness (QED) is 0.857. The van der Waals surface area contributed by atoms with E-state index in [0.717, 1.165) is 36.9 Å². The van der Waals surface area contributed by atoms with Crippen molar-refractivity contribution in [3.63, 3.8) is 0 Å². The molecule has 1 aromatic heterocycles. The molecular weight excluding hydrogens is 222 g/mol. The van der Waals surface area contributed by atoms with Crippen molar-refractivity contribution in [3.8, 4) is 0 Å². The highest BCUT2D eigenvalue weighted by Crippen LogP contribution is 2.24. The highest BCUT2D eigenvalue weighted by atomic mass is 32.1. The molecule has 16 heavy (non-hydrogen) atoms. The smallest absolute Gasteiger partial charge is 0.185 e. The first kappa shape index (κ1) is 11.8. The third-order valence-corrected chi connectivity index (χ3v) is 3.62. The summed E-state index contributed by atoms with van der Waals surface area (Å²) in [4.78, 5) is 6.87. The summed E-state index contributed by atoms with van der Waals surface area (Å²) in [7, 11) is 0. The van der Waals surface area contributed by atoms with Crippen LogP contribution in [0, 0.1) is 0 Å². The second kappa shape index (κ2) is 5.12. The average molecular weight is 241 g/mol. The van der Waals surface area contributed by atoms with Crippen LogP contribution in [0.15, 0.2) is 5.38 Å². The van der Waals surface area contributed by atoms with E-state index in [4.69, 9.17) is 10.5 Å². The van der Waals surface area contributed by atoms with Crippen molar-refractivity contribution in [1.29, 1.82) is 0 Å². The van der Waals surface area contributed by atoms with Gasteiger partial charge in [-0.2, -0.15) is 0 Å². The SMILES string of the molecule is CC1CN(c2nc(C(C)N)cs2)CCCO1. The minimum atomic E-state index is 0.0191. The van der Waals surface area contributed by atoms with Crippen LogP contribution >= 0.6 is 11.3 Å². The van der Waals surface area contributed by atoms with Crippen LogP contribution in [0.25, 0.3) is 0 Å². The molecule has 0 spiro atoms. The van der Waals surface area contributed by atoms with Crippen molar-refractivity contribution in [2.24, 2.45) is 5.73 Å². The molecule has 0 amide bonds. The number of hydrogen-bond acceptors (Lipinski definition) is 5. The van der Waals surface area contributed by atoms with Crippen LogP contribution in [0.2, 0.25) is 0 Å². The van der Waals surface area contributed by atoms with Gasteiger partial charge in [-0.15, -0.1) is 11.3 Å². The molecular formula is C11H19N3OS. The Labute approximate surface area is 100 Å². The molecule has 0 radical (unpaired) electrons. The molecule has 1 aliphatic rings. The van der Waals surface area contributed by atoms with Gasteiger partial charge in [-0.1, -0.05) is 0 Å². The number of aromatic nitrogens is 1. The van der Waals surface area contributed by atoms with Gasteiger partial charge in [0, 0.05) is 31.1 Å². The summed E-state index contributed by atoms with van der Waals surface area (Å²) in [6.45, 7) is 6.87. The number of nitrogens with zero attached hydrogens (tertiary/aromatic N) is 2. The van der Waals surface area contributed by atoms with E-state index in [1.807, 2.05) is 6.92 Å². The zero-order valence-corrected chi connectivity index (χ0v) is 10.7. The van der Waals surface area contributed by atoms with Crippen LogP contribution in [0.1, 0.15) is 32.0 Å². The van der Waals surface area contributed by atoms with Crippen LogP contribution < -0.4 is 10.6 Å². The molecule has 90 valence electrons. The second-order valence-electron chi connectivity index (χ2n) is 4.32. The lowest BCUT2D eigenvalue weighted by molar-refractivity contribution is 0.0821. The van der Waals surface area contributed by atoms with Crippen LogP contribution in [-0.2, 0) is 4.74 Å². The number of rotatable bonds is 2. The molecule has 5 heteroatoms. The summed E-state index contributed by atoms with van der Waals surface area (Å²) >= 11 is 1.67. The van der Waals surface area contributed by atoms with Crippen LogP contribution in [-0.4, -0.2) is 30.8 Å². The van der Waals surface area contributed by atoms with Gasteiger partial charge in [-0.3, -0.25) is 0 Å². The van der Waals surface area contributed by atoms with Gasteiger partial charge in [-0.05, 0) is 20.3 Å². The molecule has 1 aliphatic heterocycles. The third kappa shape index (κ3) is 2.72. The second-order valence-corrected chi connectivity index (χ2v) is 5.16. The Hall–Kier alpha value is -0.650. The first-order valence-corrected chi connectivity index (χ1v) is 6.62. The maximum Gasteiger partial charge on any atom is 0.185 e. The Morgan fingerprint density at radius 2 is 2.50 bits per heavy atom. The normalized spacial score (nSPS) is 24.2. The van der Waals surface area contributed by atoms with Crippen LogP contribution in [0.4, 0.5) is 5.13 Å². The zero-order valence-electron chi connectivity index (χ0n) is 9.85. The summed E-state index contributed by atoms with van der Waals surface area (Å²) in [5.41, 5.74) is 6.80. The Kier molecular flexibility index (Phi) is 3.78. The molecule has 2 heterocycles. The fraction of sp³-hybridized carbons (Fsp3) is 0.727. The van der Waals surface area contributed by atoms with E-state index in [-0.39, 0.29) is 12.1 Å². The van der Waals surface area contributed by atoms with E-state index in [1.54, 1.807) is 11.3 Å². The first-order chi connectivity index (χ1) is 7.66. The van der Waals surface area contributed by atoms with Crippen molar-refractivity contribution in [2.45, 2.75) is 32.4 Å². The molecule has 0 saturated carbocycles. The number of thiazole rings is 1. The molecule has 0 aromatic carbocycles. The molecule has 1 saturated heterocycles. The molecule has 0 bridgehead atoms. The monoisotopic (exact) mass is 241 g/mol. The first-order valence-electron chi connectivity index (χ1n) is 5.74. The Bertz CT molecular complexity index is 340. The topological polar surface area (TPSA) is 51.4 Å². The predicted molar refractivity (Wildman–Crippen MR) is 67.0 cm³/mol. The lowest BCUT2D eigenvalue weighted by Crippen LogP contribution is -2.30. The minimum absolute atomic E-state index is 0.0191. The maximum absolute atomic E-state index is 5.82. The average Bonchev–Trinajstić information content (AvgIpc) is 2.63. The Balaban J connectivity index is 2.09. The number of hydrogen-bond donors (Lipinski definition) is 1. The van der Waals surface area contributed by atoms with E-state index < -0.39 is 0 Å². The highest BCUT2D eigenvalue weighted by molar-refractivity contribution is 7.13. The predicted octanol–water partition coefficient (Wildman–Crippen LogP) is 1.78. The van der Waals surface area contributed by atoms with Gasteiger partial charge < -0.3 is 15.4 Å². The van der Waals surface area contributed by atoms with Crippen molar-refractivity contribution in [3.05, 3.63) is 11.1 Å². The molecule has 0 aliphatic carbocycles. The van der Waals surface area contributed by atoms with Gasteiger partial charge in [0.1, 0.15) is 0 Å². The maximum atomic E-state index is 5.82. The minimum Gasteiger partial charge on any atom is -0.377 e. The molecule has 4 nitrogen and oxygen atoms in total. The molecule has 2 atom stereocenters. The molecule has 1 fully saturated rings. The fourth-order valence-electron chi connectivity index (χ4n) is 1.80. The standard InChI is InChI=1S/C11H19N3OS/c1-8-6-14(4-3-5-15-8)11-13-10(7-16-11)9(2)12/h7-9H,3-6,12H2,1-2H3. The fourth-order valence-corrected chi connectivity index (χ4v) is 2.77.